The van der Waals surface area contributed by atoms with Crippen molar-refractivity contribution in [2.24, 2.45) is 5.41 Å². The number of rotatable bonds is 0. The molecule has 0 aliphatic carbocycles. The molecule has 72 valence electrons. The van der Waals surface area contributed by atoms with Crippen LogP contribution >= 0.6 is 0 Å². The lowest BCUT2D eigenvalue weighted by molar-refractivity contribution is -0.128. The van der Waals surface area contributed by atoms with Crippen molar-refractivity contribution in [3.8, 4) is 6.07 Å². The van der Waals surface area contributed by atoms with Gasteiger partial charge in [-0.1, -0.05) is 0 Å². The van der Waals surface area contributed by atoms with Crippen LogP contribution in [-0.2, 0) is 4.79 Å². The van der Waals surface area contributed by atoms with Gasteiger partial charge in [0.15, 0.2) is 0 Å². The van der Waals surface area contributed by atoms with Crippen LogP contribution in [0.2, 0.25) is 0 Å². The number of carbonyl (C=O) groups is 1. The third-order valence-electron chi connectivity index (χ3n) is 2.81. The Labute approximate surface area is 79.3 Å². The molecule has 1 rings (SSSR count). The molecule has 1 saturated heterocycles. The lowest BCUT2D eigenvalue weighted by Crippen LogP contribution is -2.30. The van der Waals surface area contributed by atoms with Gasteiger partial charge in [0.25, 0.3) is 0 Å². The van der Waals surface area contributed by atoms with Crippen LogP contribution in [0.4, 0.5) is 0 Å². The SMILES string of the molecule is CC(=O)N1CCCC(C)(C#N)CC1. The minimum Gasteiger partial charge on any atom is -0.343 e. The summed E-state index contributed by atoms with van der Waals surface area (Å²) in [5, 5.41) is 8.95. The van der Waals surface area contributed by atoms with E-state index >= 15 is 0 Å². The van der Waals surface area contributed by atoms with Crippen molar-refractivity contribution in [1.82, 2.24) is 4.90 Å². The lowest BCUT2D eigenvalue weighted by atomic mass is 9.85. The van der Waals surface area contributed by atoms with Crippen molar-refractivity contribution < 1.29 is 4.79 Å². The van der Waals surface area contributed by atoms with Crippen LogP contribution in [0.5, 0.6) is 0 Å². The van der Waals surface area contributed by atoms with E-state index in [1.54, 1.807) is 6.92 Å². The third kappa shape index (κ3) is 2.45. The quantitative estimate of drug-likeness (QED) is 0.567. The van der Waals surface area contributed by atoms with E-state index in [0.29, 0.717) is 0 Å². The molecule has 1 heterocycles. The van der Waals surface area contributed by atoms with Crippen molar-refractivity contribution in [3.63, 3.8) is 0 Å². The highest BCUT2D eigenvalue weighted by Crippen LogP contribution is 2.29. The smallest absolute Gasteiger partial charge is 0.219 e. The van der Waals surface area contributed by atoms with Crippen molar-refractivity contribution >= 4 is 5.91 Å². The van der Waals surface area contributed by atoms with E-state index in [1.165, 1.54) is 0 Å². The summed E-state index contributed by atoms with van der Waals surface area (Å²) >= 11 is 0. The molecule has 1 unspecified atom stereocenters. The summed E-state index contributed by atoms with van der Waals surface area (Å²) in [5.41, 5.74) is -0.218. The first-order valence-electron chi connectivity index (χ1n) is 4.74. The minimum absolute atomic E-state index is 0.127. The topological polar surface area (TPSA) is 44.1 Å². The molecule has 3 nitrogen and oxygen atoms in total. The van der Waals surface area contributed by atoms with E-state index in [0.717, 1.165) is 32.4 Å². The van der Waals surface area contributed by atoms with E-state index in [1.807, 2.05) is 11.8 Å². The Kier molecular flexibility index (Phi) is 2.92. The lowest BCUT2D eigenvalue weighted by Gasteiger charge is -2.20. The number of carbonyl (C=O) groups excluding carboxylic acids is 1. The molecule has 0 saturated carbocycles. The molecular weight excluding hydrogens is 164 g/mol. The largest absolute Gasteiger partial charge is 0.343 e. The molecule has 3 heteroatoms. The summed E-state index contributed by atoms with van der Waals surface area (Å²) in [6.45, 7) is 5.12. The highest BCUT2D eigenvalue weighted by Gasteiger charge is 2.28. The van der Waals surface area contributed by atoms with Crippen molar-refractivity contribution in [1.29, 1.82) is 5.26 Å². The molecule has 1 amide bonds. The third-order valence-corrected chi connectivity index (χ3v) is 2.81. The van der Waals surface area contributed by atoms with Gasteiger partial charge in [0.2, 0.25) is 5.91 Å². The van der Waals surface area contributed by atoms with Gasteiger partial charge < -0.3 is 4.90 Å². The highest BCUT2D eigenvalue weighted by atomic mass is 16.2. The van der Waals surface area contributed by atoms with E-state index in [4.69, 9.17) is 5.26 Å². The fourth-order valence-electron chi connectivity index (χ4n) is 1.71. The van der Waals surface area contributed by atoms with E-state index in [-0.39, 0.29) is 11.3 Å². The maximum Gasteiger partial charge on any atom is 0.219 e. The summed E-state index contributed by atoms with van der Waals surface area (Å²) in [7, 11) is 0. The van der Waals surface area contributed by atoms with Crippen LogP contribution < -0.4 is 0 Å². The average Bonchev–Trinajstić information content (AvgIpc) is 2.28. The second-order valence-corrected chi connectivity index (χ2v) is 4.03. The van der Waals surface area contributed by atoms with Crippen LogP contribution in [0.15, 0.2) is 0 Å². The maximum atomic E-state index is 11.1. The number of hydrogen-bond donors (Lipinski definition) is 0. The van der Waals surface area contributed by atoms with E-state index < -0.39 is 0 Å². The molecule has 0 radical (unpaired) electrons. The normalized spacial score (nSPS) is 29.2. The Hall–Kier alpha value is -1.04. The molecule has 1 aliphatic heterocycles. The second-order valence-electron chi connectivity index (χ2n) is 4.03. The number of amides is 1. The first kappa shape index (κ1) is 10.0. The van der Waals surface area contributed by atoms with Gasteiger partial charge in [0.1, 0.15) is 0 Å². The summed E-state index contributed by atoms with van der Waals surface area (Å²) in [6.07, 6.45) is 2.67. The zero-order valence-electron chi connectivity index (χ0n) is 8.34. The maximum absolute atomic E-state index is 11.1. The Morgan fingerprint density at radius 3 is 2.69 bits per heavy atom. The predicted octanol–water partition coefficient (Wildman–Crippen LogP) is 1.55. The summed E-state index contributed by atoms with van der Waals surface area (Å²) in [5.74, 6) is 0.127. The van der Waals surface area contributed by atoms with Gasteiger partial charge in [-0.3, -0.25) is 4.79 Å². The second kappa shape index (κ2) is 3.78. The average molecular weight is 180 g/mol. The van der Waals surface area contributed by atoms with Gasteiger partial charge in [-0.15, -0.1) is 0 Å². The molecule has 0 spiro atoms. The molecule has 1 fully saturated rings. The number of likely N-dealkylation sites (tertiary alicyclic amines) is 1. The molecule has 0 N–H and O–H groups in total. The van der Waals surface area contributed by atoms with Crippen LogP contribution in [0.3, 0.4) is 0 Å². The van der Waals surface area contributed by atoms with Crippen molar-refractivity contribution in [3.05, 3.63) is 0 Å². The summed E-state index contributed by atoms with van der Waals surface area (Å²) in [4.78, 5) is 12.9. The van der Waals surface area contributed by atoms with Crippen molar-refractivity contribution in [2.75, 3.05) is 13.1 Å². The predicted molar refractivity (Wildman–Crippen MR) is 49.8 cm³/mol. The van der Waals surface area contributed by atoms with Crippen molar-refractivity contribution in [2.45, 2.75) is 33.1 Å². The van der Waals surface area contributed by atoms with Gasteiger partial charge in [-0.2, -0.15) is 5.26 Å². The van der Waals surface area contributed by atoms with Crippen LogP contribution in [0.1, 0.15) is 33.1 Å². The first-order chi connectivity index (χ1) is 6.07. The monoisotopic (exact) mass is 180 g/mol. The Bertz CT molecular complexity index is 244. The molecule has 0 bridgehead atoms. The molecule has 0 aromatic rings. The summed E-state index contributed by atoms with van der Waals surface area (Å²) < 4.78 is 0. The van der Waals surface area contributed by atoms with Gasteiger partial charge in [-0.25, -0.2) is 0 Å². The van der Waals surface area contributed by atoms with E-state index in [9.17, 15) is 4.79 Å². The Morgan fingerprint density at radius 1 is 1.46 bits per heavy atom. The zero-order chi connectivity index (χ0) is 9.90. The molecule has 0 aromatic heterocycles. The fraction of sp³-hybridized carbons (Fsp3) is 0.800. The first-order valence-corrected chi connectivity index (χ1v) is 4.74. The fourth-order valence-corrected chi connectivity index (χ4v) is 1.71. The zero-order valence-corrected chi connectivity index (χ0v) is 8.34. The molecule has 1 atom stereocenters. The van der Waals surface area contributed by atoms with Crippen LogP contribution in [0.25, 0.3) is 0 Å². The summed E-state index contributed by atoms with van der Waals surface area (Å²) in [6, 6.07) is 2.34. The molecule has 1 aliphatic rings. The number of nitriles is 1. The van der Waals surface area contributed by atoms with Gasteiger partial charge >= 0.3 is 0 Å². The number of hydrogen-bond acceptors (Lipinski definition) is 2. The minimum atomic E-state index is -0.218. The van der Waals surface area contributed by atoms with Gasteiger partial charge in [-0.05, 0) is 26.2 Å². The Morgan fingerprint density at radius 2 is 2.15 bits per heavy atom. The van der Waals surface area contributed by atoms with Crippen LogP contribution in [0, 0.1) is 16.7 Å². The Balaban J connectivity index is 2.60. The number of nitrogens with zero attached hydrogens (tertiary/aromatic N) is 2. The molecule has 13 heavy (non-hydrogen) atoms. The van der Waals surface area contributed by atoms with Gasteiger partial charge in [0, 0.05) is 20.0 Å². The van der Waals surface area contributed by atoms with Crippen LogP contribution in [-0.4, -0.2) is 23.9 Å². The standard InChI is InChI=1S/C10H16N2O/c1-9(13)12-6-3-4-10(2,8-11)5-7-12/h3-7H2,1-2H3. The van der Waals surface area contributed by atoms with E-state index in [2.05, 4.69) is 6.07 Å². The molecule has 0 aromatic carbocycles. The molecular formula is C10H16N2O. The highest BCUT2D eigenvalue weighted by molar-refractivity contribution is 5.73. The van der Waals surface area contributed by atoms with Gasteiger partial charge in [0.05, 0.1) is 11.5 Å².